The van der Waals surface area contributed by atoms with Gasteiger partial charge in [0, 0.05) is 19.6 Å². The lowest BCUT2D eigenvalue weighted by atomic mass is 10.1. The predicted octanol–water partition coefficient (Wildman–Crippen LogP) is 3.94. The average Bonchev–Trinajstić information content (AvgIpc) is 2.73. The minimum atomic E-state index is 0.587. The van der Waals surface area contributed by atoms with Gasteiger partial charge in [0.25, 0.3) is 0 Å². The van der Waals surface area contributed by atoms with Crippen LogP contribution in [0.15, 0.2) is 4.99 Å². The number of nitrogens with zero attached hydrogens (tertiary/aromatic N) is 3. The van der Waals surface area contributed by atoms with Gasteiger partial charge in [-0.2, -0.15) is 0 Å². The number of aliphatic imine (C=N–C) groups is 1. The first-order chi connectivity index (χ1) is 10.3. The van der Waals surface area contributed by atoms with Crippen molar-refractivity contribution in [3.05, 3.63) is 0 Å². The molecule has 0 aromatic heterocycles. The first-order valence-electron chi connectivity index (χ1n) is 9.32. The highest BCUT2D eigenvalue weighted by atomic mass is 15.3. The van der Waals surface area contributed by atoms with Crippen LogP contribution in [0, 0.1) is 0 Å². The Hall–Kier alpha value is -0.570. The second-order valence-corrected chi connectivity index (χ2v) is 6.84. The highest BCUT2D eigenvalue weighted by Crippen LogP contribution is 2.20. The maximum Gasteiger partial charge on any atom is 0.116 e. The summed E-state index contributed by atoms with van der Waals surface area (Å²) in [5.74, 6) is 1.41. The van der Waals surface area contributed by atoms with Crippen LogP contribution in [0.1, 0.15) is 71.1 Å². The summed E-state index contributed by atoms with van der Waals surface area (Å²) in [6.07, 6.45) is 13.6. The molecule has 2 heterocycles. The third-order valence-corrected chi connectivity index (χ3v) is 5.03. The number of likely N-dealkylation sites (N-methyl/N-ethyl adjacent to an activating group) is 1. The van der Waals surface area contributed by atoms with E-state index in [1.165, 1.54) is 89.7 Å². The van der Waals surface area contributed by atoms with E-state index in [2.05, 4.69) is 23.8 Å². The van der Waals surface area contributed by atoms with E-state index in [0.29, 0.717) is 6.04 Å². The fourth-order valence-electron chi connectivity index (χ4n) is 3.70. The zero-order valence-electron chi connectivity index (χ0n) is 14.3. The summed E-state index contributed by atoms with van der Waals surface area (Å²) in [6, 6.07) is 0.587. The van der Waals surface area contributed by atoms with Crippen molar-refractivity contribution in [2.24, 2.45) is 4.99 Å². The molecule has 21 heavy (non-hydrogen) atoms. The zero-order valence-corrected chi connectivity index (χ0v) is 14.3. The van der Waals surface area contributed by atoms with Crippen molar-refractivity contribution < 1.29 is 0 Å². The van der Waals surface area contributed by atoms with Gasteiger partial charge in [-0.15, -0.1) is 0 Å². The van der Waals surface area contributed by atoms with Gasteiger partial charge in [-0.1, -0.05) is 39.0 Å². The Labute approximate surface area is 131 Å². The number of unbranched alkanes of at least 4 members (excludes halogenated alkanes) is 5. The number of rotatable bonds is 8. The number of hydrogen-bond acceptors (Lipinski definition) is 3. The highest BCUT2D eigenvalue weighted by molar-refractivity contribution is 5.88. The maximum absolute atomic E-state index is 4.88. The molecule has 0 amide bonds. The minimum Gasteiger partial charge on any atom is -0.359 e. The Morgan fingerprint density at radius 1 is 1.05 bits per heavy atom. The Morgan fingerprint density at radius 3 is 2.67 bits per heavy atom. The fourth-order valence-corrected chi connectivity index (χ4v) is 3.70. The van der Waals surface area contributed by atoms with Gasteiger partial charge in [0.1, 0.15) is 5.84 Å². The van der Waals surface area contributed by atoms with Gasteiger partial charge in [-0.05, 0) is 45.7 Å². The van der Waals surface area contributed by atoms with Gasteiger partial charge in [0.15, 0.2) is 0 Å². The van der Waals surface area contributed by atoms with Gasteiger partial charge >= 0.3 is 0 Å². The number of hydrogen-bond donors (Lipinski definition) is 0. The lowest BCUT2D eigenvalue weighted by Crippen LogP contribution is -2.48. The molecule has 1 saturated heterocycles. The molecule has 0 radical (unpaired) electrons. The largest absolute Gasteiger partial charge is 0.359 e. The topological polar surface area (TPSA) is 18.8 Å². The molecule has 0 aromatic rings. The van der Waals surface area contributed by atoms with E-state index >= 15 is 0 Å². The van der Waals surface area contributed by atoms with Crippen molar-refractivity contribution in [1.82, 2.24) is 9.80 Å². The van der Waals surface area contributed by atoms with E-state index in [1.807, 2.05) is 0 Å². The van der Waals surface area contributed by atoms with Crippen LogP contribution in [-0.4, -0.2) is 54.9 Å². The van der Waals surface area contributed by atoms with Crippen LogP contribution in [0.25, 0.3) is 0 Å². The molecule has 122 valence electrons. The van der Waals surface area contributed by atoms with Crippen LogP contribution in [0.4, 0.5) is 0 Å². The molecule has 0 N–H and O–H groups in total. The molecule has 0 bridgehead atoms. The molecule has 2 aliphatic heterocycles. The standard InChI is InChI=1S/C18H35N3/c1-3-4-5-6-7-9-14-20(2)17-12-8-10-15-21-16-11-13-19-18(17)21/h17H,3-16H2,1-2H3. The molecule has 1 unspecified atom stereocenters. The fraction of sp³-hybridized carbons (Fsp3) is 0.944. The first-order valence-corrected chi connectivity index (χ1v) is 9.32. The normalized spacial score (nSPS) is 22.9. The van der Waals surface area contributed by atoms with Gasteiger partial charge in [0.05, 0.1) is 6.04 Å². The summed E-state index contributed by atoms with van der Waals surface area (Å²) in [6.45, 7) is 7.05. The molecule has 0 spiro atoms. The van der Waals surface area contributed by atoms with Crippen LogP contribution in [-0.2, 0) is 0 Å². The Balaban J connectivity index is 1.76. The third-order valence-electron chi connectivity index (χ3n) is 5.03. The predicted molar refractivity (Wildman–Crippen MR) is 92.1 cm³/mol. The summed E-state index contributed by atoms with van der Waals surface area (Å²) >= 11 is 0. The molecule has 1 atom stereocenters. The SMILES string of the molecule is CCCCCCCCN(C)C1CCCCN2CCCN=C12. The average molecular weight is 293 g/mol. The van der Waals surface area contributed by atoms with Crippen LogP contribution in [0.2, 0.25) is 0 Å². The lowest BCUT2D eigenvalue weighted by Gasteiger charge is -2.35. The van der Waals surface area contributed by atoms with Crippen LogP contribution in [0.5, 0.6) is 0 Å². The van der Waals surface area contributed by atoms with Crippen molar-refractivity contribution in [3.63, 3.8) is 0 Å². The molecule has 0 aromatic carbocycles. The summed E-state index contributed by atoms with van der Waals surface area (Å²) in [5.41, 5.74) is 0. The van der Waals surface area contributed by atoms with Crippen LogP contribution >= 0.6 is 0 Å². The summed E-state index contributed by atoms with van der Waals surface area (Å²) in [7, 11) is 2.32. The summed E-state index contributed by atoms with van der Waals surface area (Å²) in [4.78, 5) is 10.0. The van der Waals surface area contributed by atoms with Gasteiger partial charge in [-0.25, -0.2) is 0 Å². The Bertz CT molecular complexity index is 314. The van der Waals surface area contributed by atoms with E-state index < -0.39 is 0 Å². The molecule has 2 aliphatic rings. The molecule has 0 aliphatic carbocycles. The monoisotopic (exact) mass is 293 g/mol. The van der Waals surface area contributed by atoms with Crippen molar-refractivity contribution >= 4 is 5.84 Å². The van der Waals surface area contributed by atoms with E-state index in [9.17, 15) is 0 Å². The molecular weight excluding hydrogens is 258 g/mol. The summed E-state index contributed by atoms with van der Waals surface area (Å²) in [5, 5.41) is 0. The second-order valence-electron chi connectivity index (χ2n) is 6.84. The van der Waals surface area contributed by atoms with E-state index in [0.717, 1.165) is 6.54 Å². The first kappa shape index (κ1) is 16.8. The van der Waals surface area contributed by atoms with Gasteiger partial charge in [-0.3, -0.25) is 9.89 Å². The van der Waals surface area contributed by atoms with Crippen LogP contribution in [0.3, 0.4) is 0 Å². The lowest BCUT2D eigenvalue weighted by molar-refractivity contribution is 0.262. The maximum atomic E-state index is 4.88. The second kappa shape index (κ2) is 9.45. The smallest absolute Gasteiger partial charge is 0.116 e. The van der Waals surface area contributed by atoms with E-state index in [-0.39, 0.29) is 0 Å². The molecule has 2 rings (SSSR count). The minimum absolute atomic E-state index is 0.587. The molecule has 0 saturated carbocycles. The number of fused-ring (bicyclic) bond motifs is 1. The van der Waals surface area contributed by atoms with Crippen molar-refractivity contribution in [3.8, 4) is 0 Å². The van der Waals surface area contributed by atoms with Gasteiger partial charge < -0.3 is 4.90 Å². The van der Waals surface area contributed by atoms with E-state index in [4.69, 9.17) is 4.99 Å². The van der Waals surface area contributed by atoms with Gasteiger partial charge in [0.2, 0.25) is 0 Å². The van der Waals surface area contributed by atoms with Crippen molar-refractivity contribution in [2.75, 3.05) is 33.2 Å². The summed E-state index contributed by atoms with van der Waals surface area (Å²) < 4.78 is 0. The molecule has 3 nitrogen and oxygen atoms in total. The Kier molecular flexibility index (Phi) is 7.56. The van der Waals surface area contributed by atoms with Crippen molar-refractivity contribution in [1.29, 1.82) is 0 Å². The quantitative estimate of drug-likeness (QED) is 0.631. The molecular formula is C18H35N3. The third kappa shape index (κ3) is 5.28. The van der Waals surface area contributed by atoms with E-state index in [1.54, 1.807) is 0 Å². The Morgan fingerprint density at radius 2 is 1.81 bits per heavy atom. The van der Waals surface area contributed by atoms with Crippen molar-refractivity contribution in [2.45, 2.75) is 77.2 Å². The highest BCUT2D eigenvalue weighted by Gasteiger charge is 2.28. The zero-order chi connectivity index (χ0) is 14.9. The molecule has 3 heteroatoms. The number of amidine groups is 1. The van der Waals surface area contributed by atoms with Crippen LogP contribution < -0.4 is 0 Å². The molecule has 1 fully saturated rings.